The van der Waals surface area contributed by atoms with Crippen molar-refractivity contribution in [1.82, 2.24) is 15.0 Å². The van der Waals surface area contributed by atoms with E-state index < -0.39 is 0 Å². The van der Waals surface area contributed by atoms with Crippen molar-refractivity contribution in [2.24, 2.45) is 0 Å². The molecular formula is C25H24FN5O2. The molecule has 0 saturated carbocycles. The summed E-state index contributed by atoms with van der Waals surface area (Å²) in [5, 5.41) is 3.86. The number of rotatable bonds is 5. The second-order valence-corrected chi connectivity index (χ2v) is 7.86. The summed E-state index contributed by atoms with van der Waals surface area (Å²) >= 11 is 0. The number of ether oxygens (including phenoxy) is 2. The van der Waals surface area contributed by atoms with Crippen LogP contribution in [0, 0.1) is 12.7 Å². The Labute approximate surface area is 191 Å². The van der Waals surface area contributed by atoms with Gasteiger partial charge in [0.2, 0.25) is 0 Å². The summed E-state index contributed by atoms with van der Waals surface area (Å²) in [6.45, 7) is 4.92. The number of aromatic nitrogens is 3. The Kier molecular flexibility index (Phi) is 5.75. The van der Waals surface area contributed by atoms with Crippen LogP contribution in [0.1, 0.15) is 5.56 Å². The van der Waals surface area contributed by atoms with Crippen LogP contribution in [0.4, 0.5) is 21.5 Å². The molecule has 0 unspecified atom stereocenters. The van der Waals surface area contributed by atoms with E-state index in [0.717, 1.165) is 35.6 Å². The van der Waals surface area contributed by atoms with E-state index >= 15 is 4.39 Å². The number of pyridine rings is 3. The Morgan fingerprint density at radius 1 is 1.06 bits per heavy atom. The van der Waals surface area contributed by atoms with Gasteiger partial charge < -0.3 is 19.7 Å². The van der Waals surface area contributed by atoms with Crippen molar-refractivity contribution in [2.45, 2.75) is 6.92 Å². The zero-order valence-corrected chi connectivity index (χ0v) is 18.5. The van der Waals surface area contributed by atoms with E-state index in [9.17, 15) is 0 Å². The van der Waals surface area contributed by atoms with Crippen molar-refractivity contribution < 1.29 is 13.9 Å². The van der Waals surface area contributed by atoms with Gasteiger partial charge in [0, 0.05) is 24.8 Å². The molecule has 0 atom stereocenters. The summed E-state index contributed by atoms with van der Waals surface area (Å²) in [5.74, 6) is 0.295. The molecule has 1 aliphatic rings. The lowest BCUT2D eigenvalue weighted by Gasteiger charge is -2.28. The maximum atomic E-state index is 15.0. The summed E-state index contributed by atoms with van der Waals surface area (Å²) in [4.78, 5) is 15.7. The molecule has 1 aliphatic heterocycles. The van der Waals surface area contributed by atoms with Crippen LogP contribution in [0.3, 0.4) is 0 Å². The molecule has 0 aliphatic carbocycles. The molecule has 8 heteroatoms. The van der Waals surface area contributed by atoms with Crippen LogP contribution in [0.25, 0.3) is 22.2 Å². The molecule has 3 aromatic heterocycles. The molecule has 5 rings (SSSR count). The fraction of sp³-hybridized carbons (Fsp3) is 0.240. The van der Waals surface area contributed by atoms with Crippen molar-refractivity contribution in [3.8, 4) is 17.0 Å². The maximum Gasteiger partial charge on any atom is 0.137 e. The topological polar surface area (TPSA) is 72.4 Å². The Morgan fingerprint density at radius 3 is 2.70 bits per heavy atom. The van der Waals surface area contributed by atoms with Crippen molar-refractivity contribution >= 4 is 28.0 Å². The van der Waals surface area contributed by atoms with Gasteiger partial charge in [0.05, 0.1) is 72.6 Å². The Hall–Kier alpha value is -3.78. The van der Waals surface area contributed by atoms with Crippen LogP contribution < -0.4 is 15.0 Å². The average molecular weight is 445 g/mol. The molecule has 1 fully saturated rings. The van der Waals surface area contributed by atoms with Gasteiger partial charge in [-0.25, -0.2) is 9.37 Å². The van der Waals surface area contributed by atoms with Crippen LogP contribution in [-0.2, 0) is 4.74 Å². The maximum absolute atomic E-state index is 15.0. The molecule has 1 N–H and O–H groups in total. The van der Waals surface area contributed by atoms with E-state index in [1.54, 1.807) is 31.8 Å². The highest BCUT2D eigenvalue weighted by Crippen LogP contribution is 2.37. The Morgan fingerprint density at radius 2 is 1.88 bits per heavy atom. The summed E-state index contributed by atoms with van der Waals surface area (Å²) in [6.07, 6.45) is 6.94. The number of methoxy groups -OCH3 is 1. The molecule has 33 heavy (non-hydrogen) atoms. The summed E-state index contributed by atoms with van der Waals surface area (Å²) < 4.78 is 25.8. The lowest BCUT2D eigenvalue weighted by molar-refractivity contribution is 0.122. The van der Waals surface area contributed by atoms with Gasteiger partial charge in [-0.15, -0.1) is 0 Å². The van der Waals surface area contributed by atoms with Gasteiger partial charge in [-0.1, -0.05) is 6.07 Å². The normalized spacial score (nSPS) is 13.8. The average Bonchev–Trinajstić information content (AvgIpc) is 2.86. The Balaban J connectivity index is 1.62. The number of hydrogen-bond donors (Lipinski definition) is 1. The minimum absolute atomic E-state index is 0.335. The van der Waals surface area contributed by atoms with Crippen LogP contribution in [0.2, 0.25) is 0 Å². The minimum Gasteiger partial charge on any atom is -0.495 e. The van der Waals surface area contributed by atoms with Crippen LogP contribution in [-0.4, -0.2) is 48.4 Å². The first-order valence-corrected chi connectivity index (χ1v) is 10.8. The highest BCUT2D eigenvalue weighted by Gasteiger charge is 2.18. The molecule has 1 saturated heterocycles. The molecule has 0 radical (unpaired) electrons. The van der Waals surface area contributed by atoms with Crippen LogP contribution >= 0.6 is 0 Å². The van der Waals surface area contributed by atoms with E-state index in [4.69, 9.17) is 14.5 Å². The van der Waals surface area contributed by atoms with Crippen molar-refractivity contribution in [3.63, 3.8) is 0 Å². The second kappa shape index (κ2) is 8.99. The second-order valence-electron chi connectivity index (χ2n) is 7.86. The number of morpholine rings is 1. The number of nitrogens with zero attached hydrogens (tertiary/aromatic N) is 4. The van der Waals surface area contributed by atoms with Gasteiger partial charge in [-0.3, -0.25) is 9.97 Å². The Bertz CT molecular complexity index is 1310. The summed E-state index contributed by atoms with van der Waals surface area (Å²) in [7, 11) is 1.60. The van der Waals surface area contributed by atoms with Gasteiger partial charge in [-0.05, 0) is 36.8 Å². The third-order valence-electron chi connectivity index (χ3n) is 5.80. The van der Waals surface area contributed by atoms with E-state index in [2.05, 4.69) is 20.2 Å². The fourth-order valence-electron chi connectivity index (χ4n) is 4.10. The van der Waals surface area contributed by atoms with Crippen molar-refractivity contribution in [1.29, 1.82) is 0 Å². The SMILES string of the molecule is COc1cncc(-c2nc3cccc(F)c3c(Nc3cncc(N4CCOCC4)c3)c2C)c1. The molecule has 0 spiro atoms. The van der Waals surface area contributed by atoms with E-state index in [0.29, 0.717) is 41.2 Å². The monoisotopic (exact) mass is 445 g/mol. The molecule has 0 bridgehead atoms. The fourth-order valence-corrected chi connectivity index (χ4v) is 4.10. The van der Waals surface area contributed by atoms with Gasteiger partial charge in [0.15, 0.2) is 0 Å². The third-order valence-corrected chi connectivity index (χ3v) is 5.80. The molecule has 0 amide bonds. The van der Waals surface area contributed by atoms with E-state index in [-0.39, 0.29) is 5.82 Å². The van der Waals surface area contributed by atoms with Crippen molar-refractivity contribution in [2.75, 3.05) is 43.6 Å². The molecule has 1 aromatic carbocycles. The number of fused-ring (bicyclic) bond motifs is 1. The molecule has 7 nitrogen and oxygen atoms in total. The van der Waals surface area contributed by atoms with Crippen molar-refractivity contribution in [3.05, 3.63) is 66.5 Å². The number of benzene rings is 1. The van der Waals surface area contributed by atoms with E-state index in [1.165, 1.54) is 6.07 Å². The highest BCUT2D eigenvalue weighted by molar-refractivity contribution is 5.98. The van der Waals surface area contributed by atoms with Gasteiger partial charge in [0.25, 0.3) is 0 Å². The lowest BCUT2D eigenvalue weighted by Crippen LogP contribution is -2.36. The molecule has 4 aromatic rings. The van der Waals surface area contributed by atoms with Gasteiger partial charge in [-0.2, -0.15) is 0 Å². The number of anilines is 3. The minimum atomic E-state index is -0.335. The predicted octanol–water partition coefficient (Wildman–Crippen LogP) is 4.73. The molecular weight excluding hydrogens is 421 g/mol. The number of hydrogen-bond acceptors (Lipinski definition) is 7. The van der Waals surface area contributed by atoms with Crippen LogP contribution in [0.5, 0.6) is 5.75 Å². The summed E-state index contributed by atoms with van der Waals surface area (Å²) in [6, 6.07) is 8.82. The first-order valence-electron chi connectivity index (χ1n) is 10.8. The largest absolute Gasteiger partial charge is 0.495 e. The lowest BCUT2D eigenvalue weighted by atomic mass is 10.0. The first kappa shape index (κ1) is 21.1. The predicted molar refractivity (Wildman–Crippen MR) is 127 cm³/mol. The number of nitrogens with one attached hydrogen (secondary N) is 1. The number of halogens is 1. The van der Waals surface area contributed by atoms with Gasteiger partial charge in [0.1, 0.15) is 11.6 Å². The van der Waals surface area contributed by atoms with E-state index in [1.807, 2.05) is 31.3 Å². The summed E-state index contributed by atoms with van der Waals surface area (Å²) in [5.41, 5.74) is 5.28. The smallest absolute Gasteiger partial charge is 0.137 e. The quantitative estimate of drug-likeness (QED) is 0.476. The zero-order valence-electron chi connectivity index (χ0n) is 18.5. The standard InChI is InChI=1S/C25H24FN5O2/c1-16-24(17-10-20(32-2)15-27-12-17)30-22-5-3-4-21(26)23(22)25(16)29-18-11-19(14-28-13-18)31-6-8-33-9-7-31/h3-5,10-15H,6-9H2,1-2H3,(H,29,30). The highest BCUT2D eigenvalue weighted by atomic mass is 19.1. The first-order chi connectivity index (χ1) is 16.1. The van der Waals surface area contributed by atoms with Crippen LogP contribution in [0.15, 0.2) is 55.1 Å². The molecule has 168 valence electrons. The van der Waals surface area contributed by atoms with Gasteiger partial charge >= 0.3 is 0 Å². The molecule has 4 heterocycles. The third kappa shape index (κ3) is 4.17. The zero-order chi connectivity index (χ0) is 22.8.